The Bertz CT molecular complexity index is 231. The van der Waals surface area contributed by atoms with Gasteiger partial charge in [0.2, 0.25) is 0 Å². The highest BCUT2D eigenvalue weighted by Crippen LogP contribution is 2.03. The lowest BCUT2D eigenvalue weighted by Gasteiger charge is -2.09. The third-order valence-corrected chi connectivity index (χ3v) is 2.73. The summed E-state index contributed by atoms with van der Waals surface area (Å²) < 4.78 is 0. The normalized spacial score (nSPS) is 11.5. The van der Waals surface area contributed by atoms with Crippen molar-refractivity contribution in [1.82, 2.24) is 5.32 Å². The summed E-state index contributed by atoms with van der Waals surface area (Å²) in [5.74, 6) is 2.10. The molecule has 0 heterocycles. The average molecular weight is 227 g/mol. The Morgan fingerprint density at radius 2 is 2.47 bits per heavy atom. The van der Waals surface area contributed by atoms with Crippen molar-refractivity contribution in [1.29, 1.82) is 5.26 Å². The molecule has 1 unspecified atom stereocenters. The molecule has 6 heteroatoms. The van der Waals surface area contributed by atoms with Gasteiger partial charge in [0, 0.05) is 11.5 Å². The molecular formula is C9H17N5S. The topological polar surface area (TPSA) is 84.6 Å². The Kier molecular flexibility index (Phi) is 10.5. The minimum Gasteiger partial charge on any atom is -0.302 e. The van der Waals surface area contributed by atoms with Crippen molar-refractivity contribution in [2.24, 2.45) is 5.11 Å². The largest absolute Gasteiger partial charge is 0.302 e. The predicted octanol–water partition coefficient (Wildman–Crippen LogP) is 2.31. The maximum atomic E-state index is 8.82. The third-order valence-electron chi connectivity index (χ3n) is 1.80. The highest BCUT2D eigenvalue weighted by Gasteiger charge is 2.04. The van der Waals surface area contributed by atoms with Crippen LogP contribution in [-0.4, -0.2) is 30.6 Å². The molecule has 1 atom stereocenters. The van der Waals surface area contributed by atoms with Gasteiger partial charge in [-0.2, -0.15) is 17.0 Å². The number of rotatable bonds is 9. The van der Waals surface area contributed by atoms with Crippen LogP contribution in [0.1, 0.15) is 19.8 Å². The molecule has 0 bridgehead atoms. The van der Waals surface area contributed by atoms with E-state index >= 15 is 0 Å². The summed E-state index contributed by atoms with van der Waals surface area (Å²) in [4.78, 5) is 2.66. The van der Waals surface area contributed by atoms with Gasteiger partial charge in [-0.05, 0) is 36.4 Å². The highest BCUT2D eigenvalue weighted by atomic mass is 32.2. The fourth-order valence-electron chi connectivity index (χ4n) is 1.03. The first-order chi connectivity index (χ1) is 7.35. The van der Waals surface area contributed by atoms with Crippen LogP contribution in [0.4, 0.5) is 0 Å². The number of hydrogen-bond donors (Lipinski definition) is 1. The standard InChI is InChI=1S/C9H17N5S/c1-2-15-7-4-9(8-10)12-5-3-6-13-14-11/h9,12H,2-7H2,1H3. The molecule has 0 saturated heterocycles. The number of azide groups is 1. The molecule has 0 aliphatic rings. The first-order valence-corrected chi connectivity index (χ1v) is 6.22. The summed E-state index contributed by atoms with van der Waals surface area (Å²) >= 11 is 1.84. The molecule has 0 aliphatic heterocycles. The van der Waals surface area contributed by atoms with E-state index in [1.165, 1.54) is 0 Å². The van der Waals surface area contributed by atoms with Gasteiger partial charge >= 0.3 is 0 Å². The molecule has 0 aromatic rings. The number of nitrogens with one attached hydrogen (secondary N) is 1. The Balaban J connectivity index is 3.45. The number of nitriles is 1. The van der Waals surface area contributed by atoms with Crippen molar-refractivity contribution >= 4 is 11.8 Å². The number of nitrogens with zero attached hydrogens (tertiary/aromatic N) is 4. The van der Waals surface area contributed by atoms with E-state index in [0.717, 1.165) is 30.9 Å². The second kappa shape index (κ2) is 11.2. The van der Waals surface area contributed by atoms with Crippen molar-refractivity contribution < 1.29 is 0 Å². The van der Waals surface area contributed by atoms with Crippen LogP contribution in [0.3, 0.4) is 0 Å². The number of thioether (sulfide) groups is 1. The first-order valence-electron chi connectivity index (χ1n) is 5.06. The van der Waals surface area contributed by atoms with Crippen molar-refractivity contribution in [2.75, 3.05) is 24.6 Å². The highest BCUT2D eigenvalue weighted by molar-refractivity contribution is 7.99. The molecule has 0 radical (unpaired) electrons. The van der Waals surface area contributed by atoms with Crippen molar-refractivity contribution in [2.45, 2.75) is 25.8 Å². The molecule has 1 N–H and O–H groups in total. The van der Waals surface area contributed by atoms with E-state index in [0.29, 0.717) is 6.54 Å². The minimum absolute atomic E-state index is 0.0740. The lowest BCUT2D eigenvalue weighted by molar-refractivity contribution is 0.576. The summed E-state index contributed by atoms with van der Waals surface area (Å²) in [6.07, 6.45) is 1.65. The van der Waals surface area contributed by atoms with Crippen LogP contribution in [0.15, 0.2) is 5.11 Å². The first kappa shape index (κ1) is 14.1. The summed E-state index contributed by atoms with van der Waals surface area (Å²) in [6.45, 7) is 3.33. The molecule has 0 amide bonds. The fourth-order valence-corrected chi connectivity index (χ4v) is 1.72. The monoisotopic (exact) mass is 227 g/mol. The maximum absolute atomic E-state index is 8.82. The lowest BCUT2D eigenvalue weighted by atomic mass is 10.2. The zero-order chi connectivity index (χ0) is 11.4. The molecule has 5 nitrogen and oxygen atoms in total. The molecule has 0 aromatic heterocycles. The van der Waals surface area contributed by atoms with E-state index in [4.69, 9.17) is 10.8 Å². The van der Waals surface area contributed by atoms with Crippen LogP contribution in [0.5, 0.6) is 0 Å². The Labute approximate surface area is 94.9 Å². The Morgan fingerprint density at radius 3 is 3.07 bits per heavy atom. The van der Waals surface area contributed by atoms with Gasteiger partial charge in [0.25, 0.3) is 0 Å². The van der Waals surface area contributed by atoms with Crippen molar-refractivity contribution in [3.63, 3.8) is 0 Å². The molecule has 84 valence electrons. The predicted molar refractivity (Wildman–Crippen MR) is 63.6 cm³/mol. The van der Waals surface area contributed by atoms with Gasteiger partial charge in [-0.15, -0.1) is 0 Å². The Morgan fingerprint density at radius 1 is 1.67 bits per heavy atom. The second-order valence-electron chi connectivity index (χ2n) is 2.93. The van der Waals surface area contributed by atoms with Crippen molar-refractivity contribution in [3.8, 4) is 6.07 Å². The Hall–Kier alpha value is -0.890. The van der Waals surface area contributed by atoms with Crippen LogP contribution in [0.2, 0.25) is 0 Å². The minimum atomic E-state index is -0.0740. The maximum Gasteiger partial charge on any atom is 0.0960 e. The van der Waals surface area contributed by atoms with E-state index in [9.17, 15) is 0 Å². The zero-order valence-corrected chi connectivity index (χ0v) is 9.83. The van der Waals surface area contributed by atoms with Gasteiger partial charge in [-0.1, -0.05) is 12.0 Å². The number of hydrogen-bond acceptors (Lipinski definition) is 4. The summed E-state index contributed by atoms with van der Waals surface area (Å²) in [5, 5.41) is 15.4. The summed E-state index contributed by atoms with van der Waals surface area (Å²) in [7, 11) is 0. The third kappa shape index (κ3) is 9.42. The molecule has 0 saturated carbocycles. The van der Waals surface area contributed by atoms with Crippen LogP contribution in [0.25, 0.3) is 10.4 Å². The van der Waals surface area contributed by atoms with Gasteiger partial charge in [-0.3, -0.25) is 0 Å². The van der Waals surface area contributed by atoms with Gasteiger partial charge in [0.05, 0.1) is 12.1 Å². The lowest BCUT2D eigenvalue weighted by Crippen LogP contribution is -2.29. The second-order valence-corrected chi connectivity index (χ2v) is 4.32. The van der Waals surface area contributed by atoms with Crippen molar-refractivity contribution in [3.05, 3.63) is 10.4 Å². The van der Waals surface area contributed by atoms with Gasteiger partial charge in [0.1, 0.15) is 0 Å². The SMILES string of the molecule is CCSCCC(C#N)NCCCN=[N+]=[N-]. The molecule has 0 fully saturated rings. The van der Waals surface area contributed by atoms with Crippen LogP contribution >= 0.6 is 11.8 Å². The smallest absolute Gasteiger partial charge is 0.0960 e. The molecule has 0 aromatic carbocycles. The summed E-state index contributed by atoms with van der Waals surface area (Å²) in [6, 6.07) is 2.15. The molecule has 0 aliphatic carbocycles. The van der Waals surface area contributed by atoms with Gasteiger partial charge in [-0.25, -0.2) is 0 Å². The van der Waals surface area contributed by atoms with Gasteiger partial charge < -0.3 is 5.32 Å². The van der Waals surface area contributed by atoms with E-state index < -0.39 is 0 Å². The quantitative estimate of drug-likeness (QED) is 0.284. The van der Waals surface area contributed by atoms with Crippen LogP contribution in [0, 0.1) is 11.3 Å². The van der Waals surface area contributed by atoms with E-state index in [1.54, 1.807) is 0 Å². The van der Waals surface area contributed by atoms with Gasteiger partial charge in [0.15, 0.2) is 0 Å². The zero-order valence-electron chi connectivity index (χ0n) is 9.02. The van der Waals surface area contributed by atoms with E-state index in [-0.39, 0.29) is 6.04 Å². The van der Waals surface area contributed by atoms with Crippen LogP contribution < -0.4 is 5.32 Å². The van der Waals surface area contributed by atoms with E-state index in [1.807, 2.05) is 11.8 Å². The molecule has 0 rings (SSSR count). The summed E-state index contributed by atoms with van der Waals surface area (Å²) in [5.41, 5.74) is 8.05. The van der Waals surface area contributed by atoms with Crippen LogP contribution in [-0.2, 0) is 0 Å². The average Bonchev–Trinajstić information content (AvgIpc) is 2.26. The molecule has 0 spiro atoms. The molecule has 15 heavy (non-hydrogen) atoms. The molecular weight excluding hydrogens is 210 g/mol. The van der Waals surface area contributed by atoms with E-state index in [2.05, 4.69) is 28.3 Å². The fraction of sp³-hybridized carbons (Fsp3) is 0.889.